The van der Waals surface area contributed by atoms with E-state index in [1.54, 1.807) is 0 Å². The lowest BCUT2D eigenvalue weighted by Crippen LogP contribution is -2.08. The first-order valence-corrected chi connectivity index (χ1v) is 10.0. The molecule has 0 N–H and O–H groups in total. The van der Waals surface area contributed by atoms with Crippen LogP contribution in [-0.2, 0) is 0 Å². The number of nitrogens with zero attached hydrogens (tertiary/aromatic N) is 6. The van der Waals surface area contributed by atoms with Crippen molar-refractivity contribution in [3.8, 4) is 18.0 Å². The van der Waals surface area contributed by atoms with Gasteiger partial charge in [-0.2, -0.15) is 0 Å². The topological polar surface area (TPSA) is 103 Å². The fourth-order valence-corrected chi connectivity index (χ4v) is 2.65. The van der Waals surface area contributed by atoms with Gasteiger partial charge in [0.05, 0.1) is 17.1 Å². The Morgan fingerprint density at radius 1 is 0.750 bits per heavy atom. The highest BCUT2D eigenvalue weighted by atomic mass is 16.7. The van der Waals surface area contributed by atoms with Gasteiger partial charge in [-0.3, -0.25) is 0 Å². The summed E-state index contributed by atoms with van der Waals surface area (Å²) < 4.78 is 0. The maximum atomic E-state index is 5.40. The van der Waals surface area contributed by atoms with Crippen LogP contribution in [0.15, 0.2) is 15.5 Å². The molecule has 0 radical (unpaired) electrons. The van der Waals surface area contributed by atoms with Crippen molar-refractivity contribution in [3.05, 3.63) is 0 Å². The summed E-state index contributed by atoms with van der Waals surface area (Å²) in [5, 5.41) is 12.2. The van der Waals surface area contributed by atoms with Gasteiger partial charge < -0.3 is 14.5 Å². The van der Waals surface area contributed by atoms with Crippen LogP contribution in [0.3, 0.4) is 0 Å². The molecular formula is C19H30N6O3. The maximum absolute atomic E-state index is 5.40. The van der Waals surface area contributed by atoms with Crippen molar-refractivity contribution in [1.82, 2.24) is 15.0 Å². The highest BCUT2D eigenvalue weighted by Gasteiger charge is 2.13. The van der Waals surface area contributed by atoms with Crippen molar-refractivity contribution >= 4 is 17.1 Å². The van der Waals surface area contributed by atoms with E-state index in [9.17, 15) is 0 Å². The summed E-state index contributed by atoms with van der Waals surface area (Å²) in [4.78, 5) is 28.3. The van der Waals surface area contributed by atoms with Crippen LogP contribution in [0.4, 0.5) is 0 Å². The van der Waals surface area contributed by atoms with Gasteiger partial charge >= 0.3 is 18.0 Å². The molecule has 0 aliphatic heterocycles. The van der Waals surface area contributed by atoms with Gasteiger partial charge in [0, 0.05) is 0 Å². The first kappa shape index (κ1) is 21.7. The van der Waals surface area contributed by atoms with Crippen molar-refractivity contribution in [2.45, 2.75) is 85.5 Å². The van der Waals surface area contributed by atoms with E-state index in [-0.39, 0.29) is 18.0 Å². The fourth-order valence-electron chi connectivity index (χ4n) is 2.65. The number of aromatic nitrogens is 3. The molecule has 9 nitrogen and oxygen atoms in total. The number of hydrogen-bond acceptors (Lipinski definition) is 9. The summed E-state index contributed by atoms with van der Waals surface area (Å²) in [7, 11) is 0. The molecule has 1 heterocycles. The molecule has 2 rings (SSSR count). The average molecular weight is 390 g/mol. The molecule has 0 saturated heterocycles. The Balaban J connectivity index is 2.16. The van der Waals surface area contributed by atoms with Gasteiger partial charge in [0.1, 0.15) is 0 Å². The van der Waals surface area contributed by atoms with E-state index in [1.165, 1.54) is 6.42 Å². The second kappa shape index (κ2) is 12.0. The minimum atomic E-state index is -0.0253. The first-order chi connectivity index (χ1) is 13.6. The van der Waals surface area contributed by atoms with Crippen LogP contribution in [0.5, 0.6) is 18.0 Å². The lowest BCUT2D eigenvalue weighted by Gasteiger charge is -2.11. The summed E-state index contributed by atoms with van der Waals surface area (Å²) in [5.41, 5.74) is 2.68. The van der Waals surface area contributed by atoms with Gasteiger partial charge in [-0.25, -0.2) is 0 Å². The Morgan fingerprint density at radius 3 is 1.68 bits per heavy atom. The van der Waals surface area contributed by atoms with E-state index in [0.717, 1.165) is 68.5 Å². The normalized spacial score (nSPS) is 15.4. The van der Waals surface area contributed by atoms with Gasteiger partial charge in [0.25, 0.3) is 0 Å². The Hall–Kier alpha value is -2.58. The molecule has 0 atom stereocenters. The highest BCUT2D eigenvalue weighted by Crippen LogP contribution is 2.18. The van der Waals surface area contributed by atoms with Crippen molar-refractivity contribution in [1.29, 1.82) is 0 Å². The third-order valence-electron chi connectivity index (χ3n) is 4.05. The zero-order valence-corrected chi connectivity index (χ0v) is 17.3. The number of oxime groups is 3. The number of hydrogen-bond donors (Lipinski definition) is 0. The monoisotopic (exact) mass is 390 g/mol. The zero-order chi connectivity index (χ0) is 20.2. The Kier molecular flexibility index (Phi) is 9.30. The molecule has 154 valence electrons. The summed E-state index contributed by atoms with van der Waals surface area (Å²) >= 11 is 0. The van der Waals surface area contributed by atoms with E-state index in [0.29, 0.717) is 0 Å². The Morgan fingerprint density at radius 2 is 1.21 bits per heavy atom. The standard InChI is InChI=1S/C19H30N6O3/c1-5-10-14(3)23-26-17-20-18(27-24-15(4)11-6-2)22-19(21-17)28-25-16-12-8-7-9-13-16/h5-13H2,1-4H3/b23-14+,24-15+. The van der Waals surface area contributed by atoms with Crippen LogP contribution in [-0.4, -0.2) is 32.1 Å². The van der Waals surface area contributed by atoms with E-state index in [4.69, 9.17) is 14.5 Å². The highest BCUT2D eigenvalue weighted by molar-refractivity contribution is 5.84. The van der Waals surface area contributed by atoms with E-state index < -0.39 is 0 Å². The van der Waals surface area contributed by atoms with E-state index >= 15 is 0 Å². The summed E-state index contributed by atoms with van der Waals surface area (Å²) in [6.07, 6.45) is 8.93. The fraction of sp³-hybridized carbons (Fsp3) is 0.684. The minimum Gasteiger partial charge on any atom is -0.315 e. The Labute approximate surface area is 166 Å². The van der Waals surface area contributed by atoms with Crippen molar-refractivity contribution in [3.63, 3.8) is 0 Å². The molecule has 1 aliphatic rings. The Bertz CT molecular complexity index is 667. The smallest absolute Gasteiger partial charge is 0.315 e. The molecule has 1 fully saturated rings. The molecule has 1 aliphatic carbocycles. The van der Waals surface area contributed by atoms with Crippen LogP contribution in [0.2, 0.25) is 0 Å². The lowest BCUT2D eigenvalue weighted by atomic mass is 9.99. The van der Waals surface area contributed by atoms with Crippen LogP contribution in [0.25, 0.3) is 0 Å². The van der Waals surface area contributed by atoms with Gasteiger partial charge in [-0.15, -0.1) is 15.0 Å². The molecule has 0 unspecified atom stereocenters. The SMILES string of the molecule is CCC/C(C)=N/Oc1nc(ON=C2CCCCC2)nc(O/N=C(\C)CCC)n1. The molecule has 0 amide bonds. The number of rotatable bonds is 10. The van der Waals surface area contributed by atoms with Crippen LogP contribution >= 0.6 is 0 Å². The van der Waals surface area contributed by atoms with Crippen LogP contribution in [0, 0.1) is 0 Å². The predicted octanol–water partition coefficient (Wildman–Crippen LogP) is 4.68. The zero-order valence-electron chi connectivity index (χ0n) is 17.3. The molecule has 0 bridgehead atoms. The molecule has 28 heavy (non-hydrogen) atoms. The van der Waals surface area contributed by atoms with Gasteiger partial charge in [-0.05, 0) is 52.4 Å². The molecular weight excluding hydrogens is 360 g/mol. The third-order valence-corrected chi connectivity index (χ3v) is 4.05. The first-order valence-electron chi connectivity index (χ1n) is 10.0. The van der Waals surface area contributed by atoms with Crippen molar-refractivity contribution < 1.29 is 14.5 Å². The summed E-state index contributed by atoms with van der Waals surface area (Å²) in [6.45, 7) is 7.90. The predicted molar refractivity (Wildman–Crippen MR) is 108 cm³/mol. The van der Waals surface area contributed by atoms with E-state index in [2.05, 4.69) is 44.3 Å². The largest absolute Gasteiger partial charge is 0.355 e. The van der Waals surface area contributed by atoms with Gasteiger partial charge in [0.15, 0.2) is 0 Å². The molecule has 1 saturated carbocycles. The minimum absolute atomic E-state index is 0.00948. The van der Waals surface area contributed by atoms with E-state index in [1.807, 2.05) is 13.8 Å². The van der Waals surface area contributed by atoms with Gasteiger partial charge in [0.2, 0.25) is 0 Å². The molecule has 1 aromatic heterocycles. The quantitative estimate of drug-likeness (QED) is 0.424. The van der Waals surface area contributed by atoms with Crippen molar-refractivity contribution in [2.24, 2.45) is 15.5 Å². The molecule has 9 heteroatoms. The molecule has 1 aromatic rings. The van der Waals surface area contributed by atoms with Gasteiger partial charge in [-0.1, -0.05) is 48.6 Å². The third kappa shape index (κ3) is 7.98. The average Bonchev–Trinajstić information content (AvgIpc) is 2.70. The summed E-state index contributed by atoms with van der Waals surface area (Å²) in [5.74, 6) is 0. The maximum Gasteiger partial charge on any atom is 0.355 e. The molecule has 0 aromatic carbocycles. The van der Waals surface area contributed by atoms with Crippen molar-refractivity contribution in [2.75, 3.05) is 0 Å². The summed E-state index contributed by atoms with van der Waals surface area (Å²) in [6, 6.07) is -0.0601. The van der Waals surface area contributed by atoms with Crippen LogP contribution < -0.4 is 14.5 Å². The van der Waals surface area contributed by atoms with Crippen LogP contribution in [0.1, 0.15) is 85.5 Å². The second-order valence-electron chi connectivity index (χ2n) is 6.83. The molecule has 0 spiro atoms. The second-order valence-corrected chi connectivity index (χ2v) is 6.83. The lowest BCUT2D eigenvalue weighted by molar-refractivity contribution is 0.248.